The number of hydrogen-bond donors (Lipinski definition) is 2. The van der Waals surface area contributed by atoms with Gasteiger partial charge in [0.25, 0.3) is 0 Å². The second kappa shape index (κ2) is 6.34. The second-order valence-electron chi connectivity index (χ2n) is 8.11. The highest BCUT2D eigenvalue weighted by atomic mass is 19.4. The lowest BCUT2D eigenvalue weighted by Gasteiger charge is -2.57. The predicted octanol–water partition coefficient (Wildman–Crippen LogP) is 2.80. The third-order valence-electron chi connectivity index (χ3n) is 6.20. The summed E-state index contributed by atoms with van der Waals surface area (Å²) in [6, 6.07) is 0. The Labute approximate surface area is 145 Å². The van der Waals surface area contributed by atoms with Crippen LogP contribution in [0.1, 0.15) is 46.5 Å². The van der Waals surface area contributed by atoms with E-state index in [-0.39, 0.29) is 17.8 Å². The summed E-state index contributed by atoms with van der Waals surface area (Å²) in [6.45, 7) is 3.86. The average molecular weight is 368 g/mol. The Balaban J connectivity index is 1.89. The molecule has 3 unspecified atom stereocenters. The summed E-state index contributed by atoms with van der Waals surface area (Å²) in [4.78, 5) is 0. The van der Waals surface area contributed by atoms with Crippen LogP contribution in [0.5, 0.6) is 0 Å². The van der Waals surface area contributed by atoms with Crippen LogP contribution in [0.25, 0.3) is 0 Å². The maximum absolute atomic E-state index is 12.5. The lowest BCUT2D eigenvalue weighted by molar-refractivity contribution is -0.412. The monoisotopic (exact) mass is 368 g/mol. The molecule has 2 saturated heterocycles. The van der Waals surface area contributed by atoms with Gasteiger partial charge in [-0.3, -0.25) is 0 Å². The largest absolute Gasteiger partial charge is 0.411 e. The third-order valence-corrected chi connectivity index (χ3v) is 6.20. The highest BCUT2D eigenvalue weighted by molar-refractivity contribution is 5.07. The van der Waals surface area contributed by atoms with Gasteiger partial charge in [-0.05, 0) is 38.0 Å². The Kier molecular flexibility index (Phi) is 4.90. The Morgan fingerprint density at radius 3 is 2.44 bits per heavy atom. The van der Waals surface area contributed by atoms with E-state index in [1.165, 1.54) is 6.92 Å². The fourth-order valence-electron chi connectivity index (χ4n) is 4.90. The van der Waals surface area contributed by atoms with Crippen LogP contribution in [-0.4, -0.2) is 47.0 Å². The van der Waals surface area contributed by atoms with Crippen LogP contribution >= 0.6 is 0 Å². The smallest absolute Gasteiger partial charge is 0.384 e. The van der Waals surface area contributed by atoms with E-state index in [0.717, 1.165) is 6.42 Å². The van der Waals surface area contributed by atoms with Crippen LogP contribution in [0.15, 0.2) is 0 Å². The summed E-state index contributed by atoms with van der Waals surface area (Å²) in [5.74, 6) is -2.15. The van der Waals surface area contributed by atoms with Gasteiger partial charge in [-0.2, -0.15) is 13.2 Å². The van der Waals surface area contributed by atoms with Gasteiger partial charge in [-0.15, -0.1) is 0 Å². The van der Waals surface area contributed by atoms with Gasteiger partial charge in [-0.25, -0.2) is 0 Å². The summed E-state index contributed by atoms with van der Waals surface area (Å²) in [5, 5.41) is 21.9. The molecular formula is C17H27F3O5. The van der Waals surface area contributed by atoms with E-state index in [1.807, 2.05) is 6.92 Å². The molecule has 3 rings (SSSR count). The SMILES string of the molecule is C[C@H]1C(OCC(F)(F)F)O[C@@H]2O[C@](C)(O)CCC3[C@H](C)CCC1[C@]32O. The molecule has 0 aromatic carbocycles. The minimum atomic E-state index is -4.46. The molecular weight excluding hydrogens is 341 g/mol. The van der Waals surface area contributed by atoms with Crippen LogP contribution in [0, 0.1) is 23.7 Å². The molecule has 1 aliphatic carbocycles. The molecule has 0 aromatic heterocycles. The normalized spacial score (nSPS) is 50.9. The number of alkyl halides is 3. The summed E-state index contributed by atoms with van der Waals surface area (Å²) >= 11 is 0. The van der Waals surface area contributed by atoms with Gasteiger partial charge in [0.05, 0.1) is 0 Å². The lowest BCUT2D eigenvalue weighted by Crippen LogP contribution is -2.67. The van der Waals surface area contributed by atoms with Crippen molar-refractivity contribution in [1.29, 1.82) is 0 Å². The first-order chi connectivity index (χ1) is 11.4. The minimum Gasteiger partial charge on any atom is -0.384 e. The molecule has 146 valence electrons. The summed E-state index contributed by atoms with van der Waals surface area (Å²) < 4.78 is 53.8. The molecule has 1 saturated carbocycles. The highest BCUT2D eigenvalue weighted by Crippen LogP contribution is 2.55. The maximum atomic E-state index is 12.5. The van der Waals surface area contributed by atoms with Crippen LogP contribution < -0.4 is 0 Å². The molecule has 8 heteroatoms. The Morgan fingerprint density at radius 1 is 1.12 bits per heavy atom. The first-order valence-corrected chi connectivity index (χ1v) is 8.90. The molecule has 3 aliphatic rings. The molecule has 3 fully saturated rings. The maximum Gasteiger partial charge on any atom is 0.411 e. The van der Waals surface area contributed by atoms with Crippen molar-refractivity contribution >= 4 is 0 Å². The quantitative estimate of drug-likeness (QED) is 0.785. The van der Waals surface area contributed by atoms with Crippen LogP contribution in [0.3, 0.4) is 0 Å². The molecule has 0 spiro atoms. The van der Waals surface area contributed by atoms with Crippen LogP contribution in [0.2, 0.25) is 0 Å². The molecule has 2 N–H and O–H groups in total. The first kappa shape index (κ1) is 19.4. The van der Waals surface area contributed by atoms with Crippen molar-refractivity contribution in [2.45, 2.75) is 76.6 Å². The van der Waals surface area contributed by atoms with E-state index in [0.29, 0.717) is 19.3 Å². The third kappa shape index (κ3) is 3.56. The Bertz CT molecular complexity index is 497. The van der Waals surface area contributed by atoms with Gasteiger partial charge in [0.15, 0.2) is 18.4 Å². The van der Waals surface area contributed by atoms with Crippen molar-refractivity contribution in [3.05, 3.63) is 0 Å². The number of halogens is 3. The number of hydrogen-bond acceptors (Lipinski definition) is 5. The van der Waals surface area contributed by atoms with Crippen molar-refractivity contribution in [2.24, 2.45) is 23.7 Å². The van der Waals surface area contributed by atoms with E-state index in [2.05, 4.69) is 0 Å². The second-order valence-corrected chi connectivity index (χ2v) is 8.11. The summed E-state index contributed by atoms with van der Waals surface area (Å²) in [6.07, 6.45) is -4.38. The minimum absolute atomic E-state index is 0.142. The summed E-state index contributed by atoms with van der Waals surface area (Å²) in [7, 11) is 0. The van der Waals surface area contributed by atoms with Gasteiger partial charge < -0.3 is 24.4 Å². The molecule has 2 aliphatic heterocycles. The first-order valence-electron chi connectivity index (χ1n) is 8.90. The zero-order valence-corrected chi connectivity index (χ0v) is 14.8. The lowest BCUT2D eigenvalue weighted by atomic mass is 9.58. The fourth-order valence-corrected chi connectivity index (χ4v) is 4.90. The average Bonchev–Trinajstić information content (AvgIpc) is 2.57. The molecule has 0 bridgehead atoms. The van der Waals surface area contributed by atoms with Crippen molar-refractivity contribution in [3.8, 4) is 0 Å². The predicted molar refractivity (Wildman–Crippen MR) is 81.1 cm³/mol. The number of aliphatic hydroxyl groups is 2. The van der Waals surface area contributed by atoms with Crippen molar-refractivity contribution < 1.29 is 37.6 Å². The molecule has 0 amide bonds. The van der Waals surface area contributed by atoms with E-state index < -0.39 is 42.7 Å². The van der Waals surface area contributed by atoms with E-state index in [9.17, 15) is 23.4 Å². The van der Waals surface area contributed by atoms with Gasteiger partial charge in [0.2, 0.25) is 0 Å². The Morgan fingerprint density at radius 2 is 1.80 bits per heavy atom. The molecule has 25 heavy (non-hydrogen) atoms. The molecule has 0 radical (unpaired) electrons. The highest BCUT2D eigenvalue weighted by Gasteiger charge is 2.63. The van der Waals surface area contributed by atoms with Gasteiger partial charge in [-0.1, -0.05) is 13.8 Å². The van der Waals surface area contributed by atoms with Crippen molar-refractivity contribution in [3.63, 3.8) is 0 Å². The van der Waals surface area contributed by atoms with E-state index >= 15 is 0 Å². The van der Waals surface area contributed by atoms with Crippen molar-refractivity contribution in [2.75, 3.05) is 6.61 Å². The number of rotatable bonds is 2. The molecule has 5 nitrogen and oxygen atoms in total. The zero-order valence-electron chi connectivity index (χ0n) is 14.8. The van der Waals surface area contributed by atoms with E-state index in [1.54, 1.807) is 6.92 Å². The van der Waals surface area contributed by atoms with Crippen LogP contribution in [0.4, 0.5) is 13.2 Å². The zero-order chi connectivity index (χ0) is 18.6. The molecule has 0 aromatic rings. The van der Waals surface area contributed by atoms with E-state index in [4.69, 9.17) is 14.2 Å². The standard InChI is InChI=1S/C17H27F3O5/c1-9-4-5-12-10(2)13(23-8-16(18,19)20)24-14-17(12,22)11(9)6-7-15(3,21)25-14/h9-14,21-22H,4-8H2,1-3H3/t9-,10-,11?,12?,13?,14-,15+,17-/m1/s1. The number of ether oxygens (including phenoxy) is 3. The van der Waals surface area contributed by atoms with Gasteiger partial charge in [0, 0.05) is 18.3 Å². The van der Waals surface area contributed by atoms with Crippen molar-refractivity contribution in [1.82, 2.24) is 0 Å². The topological polar surface area (TPSA) is 68.2 Å². The molecule has 2 heterocycles. The Hall–Kier alpha value is -0.410. The molecule has 8 atom stereocenters. The van der Waals surface area contributed by atoms with Gasteiger partial charge >= 0.3 is 6.18 Å². The fraction of sp³-hybridized carbons (Fsp3) is 1.00. The van der Waals surface area contributed by atoms with Crippen LogP contribution in [-0.2, 0) is 14.2 Å². The van der Waals surface area contributed by atoms with Gasteiger partial charge in [0.1, 0.15) is 12.2 Å². The summed E-state index contributed by atoms with van der Waals surface area (Å²) in [5.41, 5.74) is -1.34.